The van der Waals surface area contributed by atoms with Gasteiger partial charge in [-0.05, 0) is 38.2 Å². The molecule has 1 aromatic carbocycles. The van der Waals surface area contributed by atoms with Crippen molar-refractivity contribution in [2.24, 2.45) is 0 Å². The highest BCUT2D eigenvalue weighted by atomic mass is 16.5. The van der Waals surface area contributed by atoms with Crippen molar-refractivity contribution in [1.82, 2.24) is 14.1 Å². The molecule has 7 heteroatoms. The predicted molar refractivity (Wildman–Crippen MR) is 115 cm³/mol. The molecule has 3 N–H and O–H groups in total. The van der Waals surface area contributed by atoms with E-state index in [9.17, 15) is 4.79 Å². The highest BCUT2D eigenvalue weighted by molar-refractivity contribution is 6.02. The van der Waals surface area contributed by atoms with Gasteiger partial charge in [0.05, 0.1) is 35.2 Å². The van der Waals surface area contributed by atoms with E-state index in [0.29, 0.717) is 17.7 Å². The van der Waals surface area contributed by atoms with Gasteiger partial charge in [-0.15, -0.1) is 0 Å². The van der Waals surface area contributed by atoms with E-state index in [4.69, 9.17) is 10.5 Å². The number of ether oxygens (including phenoxy) is 1. The number of benzene rings is 1. The Bertz CT molecular complexity index is 1110. The maximum atomic E-state index is 12.8. The Labute approximate surface area is 169 Å². The summed E-state index contributed by atoms with van der Waals surface area (Å²) in [5.74, 6) is 0.774. The van der Waals surface area contributed by atoms with Crippen molar-refractivity contribution < 1.29 is 4.74 Å². The molecule has 29 heavy (non-hydrogen) atoms. The molecule has 5 rings (SSSR count). The summed E-state index contributed by atoms with van der Waals surface area (Å²) in [6.07, 6.45) is 12.9. The lowest BCUT2D eigenvalue weighted by Gasteiger charge is -2.43. The van der Waals surface area contributed by atoms with Crippen LogP contribution in [0.5, 0.6) is 5.75 Å². The number of imidazole rings is 1. The average molecular weight is 393 g/mol. The number of aromatic nitrogens is 3. The van der Waals surface area contributed by atoms with Crippen molar-refractivity contribution in [2.75, 3.05) is 24.2 Å². The lowest BCUT2D eigenvalue weighted by Crippen LogP contribution is -2.41. The van der Waals surface area contributed by atoms with E-state index in [1.165, 1.54) is 6.42 Å². The molecule has 0 radical (unpaired) electrons. The molecule has 1 fully saturated rings. The Hall–Kier alpha value is -2.96. The van der Waals surface area contributed by atoms with Crippen LogP contribution in [0.1, 0.15) is 37.7 Å². The zero-order valence-corrected chi connectivity index (χ0v) is 16.8. The van der Waals surface area contributed by atoms with Crippen LogP contribution in [0.4, 0.5) is 11.4 Å². The Kier molecular flexibility index (Phi) is 4.26. The van der Waals surface area contributed by atoms with E-state index in [1.807, 2.05) is 25.6 Å². The van der Waals surface area contributed by atoms with Crippen LogP contribution in [-0.2, 0) is 12.1 Å². The average Bonchev–Trinajstić information content (AvgIpc) is 3.13. The largest absolute Gasteiger partial charge is 0.489 e. The maximum Gasteiger partial charge on any atom is 0.191 e. The van der Waals surface area contributed by atoms with E-state index < -0.39 is 0 Å². The number of anilines is 2. The molecule has 3 aromatic rings. The molecule has 1 aliphatic heterocycles. The number of nitrogens with two attached hydrogens (primary N) is 1. The van der Waals surface area contributed by atoms with E-state index in [2.05, 4.69) is 19.4 Å². The molecular weight excluding hydrogens is 366 g/mol. The number of hydrogen-bond acceptors (Lipinski definition) is 5. The molecular formula is C22H27N5O2. The summed E-state index contributed by atoms with van der Waals surface area (Å²) in [4.78, 5) is 16.8. The second-order valence-corrected chi connectivity index (χ2v) is 8.27. The fourth-order valence-corrected chi connectivity index (χ4v) is 4.81. The minimum atomic E-state index is -0.0373. The third-order valence-corrected chi connectivity index (χ3v) is 6.65. The molecule has 0 atom stereocenters. The smallest absolute Gasteiger partial charge is 0.191 e. The normalized spacial score (nSPS) is 17.0. The van der Waals surface area contributed by atoms with Gasteiger partial charge in [0.2, 0.25) is 0 Å². The molecule has 0 unspecified atom stereocenters. The van der Waals surface area contributed by atoms with E-state index in [-0.39, 0.29) is 11.0 Å². The number of nitrogen functional groups attached to an aromatic ring is 1. The fourth-order valence-electron chi connectivity index (χ4n) is 4.81. The van der Waals surface area contributed by atoms with E-state index in [1.54, 1.807) is 12.3 Å². The topological polar surface area (TPSA) is 87.1 Å². The summed E-state index contributed by atoms with van der Waals surface area (Å²) < 4.78 is 10.6. The van der Waals surface area contributed by atoms with Crippen LogP contribution in [0.25, 0.3) is 10.9 Å². The summed E-state index contributed by atoms with van der Waals surface area (Å²) in [5.41, 5.74) is 9.72. The lowest BCUT2D eigenvalue weighted by atomic mass is 9.74. The maximum absolute atomic E-state index is 12.8. The molecule has 0 saturated heterocycles. The Morgan fingerprint density at radius 2 is 2.17 bits per heavy atom. The van der Waals surface area contributed by atoms with Crippen molar-refractivity contribution in [1.29, 1.82) is 0 Å². The van der Waals surface area contributed by atoms with Gasteiger partial charge in [0.15, 0.2) is 11.2 Å². The molecule has 1 saturated carbocycles. The Balaban J connectivity index is 1.57. The van der Waals surface area contributed by atoms with Crippen LogP contribution < -0.4 is 21.2 Å². The van der Waals surface area contributed by atoms with Crippen molar-refractivity contribution >= 4 is 22.3 Å². The van der Waals surface area contributed by atoms with Gasteiger partial charge in [-0.2, -0.15) is 0 Å². The number of fused-ring (bicyclic) bond motifs is 1. The molecule has 1 spiro atoms. The van der Waals surface area contributed by atoms with Gasteiger partial charge in [0, 0.05) is 49.7 Å². The Morgan fingerprint density at radius 1 is 1.31 bits per heavy atom. The monoisotopic (exact) mass is 393 g/mol. The molecule has 1 aliphatic carbocycles. The third kappa shape index (κ3) is 2.79. The fraction of sp³-hybridized carbons (Fsp3) is 0.455. The van der Waals surface area contributed by atoms with Crippen LogP contribution in [0.2, 0.25) is 0 Å². The van der Waals surface area contributed by atoms with Crippen LogP contribution in [0.3, 0.4) is 0 Å². The number of rotatable bonds is 5. The molecule has 7 nitrogen and oxygen atoms in total. The van der Waals surface area contributed by atoms with Gasteiger partial charge in [0.25, 0.3) is 0 Å². The van der Waals surface area contributed by atoms with Crippen LogP contribution in [-0.4, -0.2) is 27.3 Å². The number of pyridine rings is 1. The van der Waals surface area contributed by atoms with Gasteiger partial charge in [-0.3, -0.25) is 4.79 Å². The predicted octanol–water partition coefficient (Wildman–Crippen LogP) is 3.25. The molecule has 3 heterocycles. The molecule has 152 valence electrons. The van der Waals surface area contributed by atoms with Gasteiger partial charge in [-0.1, -0.05) is 0 Å². The van der Waals surface area contributed by atoms with Crippen molar-refractivity contribution in [3.05, 3.63) is 46.8 Å². The summed E-state index contributed by atoms with van der Waals surface area (Å²) in [7, 11) is 0. The summed E-state index contributed by atoms with van der Waals surface area (Å²) in [5, 5.41) is 4.14. The number of aryl methyl sites for hydroxylation is 1. The highest BCUT2D eigenvalue weighted by Gasteiger charge is 2.41. The summed E-state index contributed by atoms with van der Waals surface area (Å²) in [6, 6.07) is 1.66. The standard InChI is InChI=1S/C22H27N5O2/c1-15-18(23)17-16(28)4-11-27-20(17)21(29-13-7-22(27)5-2-6-22)19(15)25-8-3-10-26-12-9-24-14-26/h4,9,11-12,14,25H,2-3,5-8,10,13,23H2,1H3. The molecule has 0 amide bonds. The van der Waals surface area contributed by atoms with Crippen LogP contribution >= 0.6 is 0 Å². The van der Waals surface area contributed by atoms with Crippen molar-refractivity contribution in [3.8, 4) is 5.75 Å². The first kappa shape index (κ1) is 18.1. The van der Waals surface area contributed by atoms with Gasteiger partial charge < -0.3 is 24.9 Å². The number of hydrogen-bond donors (Lipinski definition) is 2. The highest BCUT2D eigenvalue weighted by Crippen LogP contribution is 2.49. The second-order valence-electron chi connectivity index (χ2n) is 8.27. The van der Waals surface area contributed by atoms with Gasteiger partial charge in [0.1, 0.15) is 0 Å². The van der Waals surface area contributed by atoms with E-state index in [0.717, 1.165) is 61.3 Å². The second kappa shape index (κ2) is 6.83. The van der Waals surface area contributed by atoms with Gasteiger partial charge >= 0.3 is 0 Å². The van der Waals surface area contributed by atoms with Crippen LogP contribution in [0.15, 0.2) is 35.8 Å². The minimum Gasteiger partial charge on any atom is -0.489 e. The van der Waals surface area contributed by atoms with Crippen molar-refractivity contribution in [3.63, 3.8) is 0 Å². The first-order chi connectivity index (χ1) is 14.1. The SMILES string of the molecule is Cc1c(NCCCn2ccnc2)c2c3c(c1N)c(=O)ccn3C1(CCC1)CCO2. The van der Waals surface area contributed by atoms with Crippen LogP contribution in [0, 0.1) is 6.92 Å². The van der Waals surface area contributed by atoms with Crippen molar-refractivity contribution in [2.45, 2.75) is 51.1 Å². The lowest BCUT2D eigenvalue weighted by molar-refractivity contribution is 0.117. The molecule has 2 aliphatic rings. The number of nitrogens with zero attached hydrogens (tertiary/aromatic N) is 3. The Morgan fingerprint density at radius 3 is 2.90 bits per heavy atom. The quantitative estimate of drug-likeness (QED) is 0.513. The first-order valence-electron chi connectivity index (χ1n) is 10.4. The minimum absolute atomic E-state index is 0.0373. The first-order valence-corrected chi connectivity index (χ1v) is 10.4. The third-order valence-electron chi connectivity index (χ3n) is 6.65. The number of nitrogens with one attached hydrogen (secondary N) is 1. The summed E-state index contributed by atoms with van der Waals surface area (Å²) in [6.45, 7) is 4.29. The summed E-state index contributed by atoms with van der Waals surface area (Å²) >= 11 is 0. The van der Waals surface area contributed by atoms with E-state index >= 15 is 0 Å². The van der Waals surface area contributed by atoms with Gasteiger partial charge in [-0.25, -0.2) is 4.98 Å². The molecule has 2 aromatic heterocycles. The zero-order valence-electron chi connectivity index (χ0n) is 16.8. The zero-order chi connectivity index (χ0) is 20.0. The molecule has 0 bridgehead atoms.